The van der Waals surface area contributed by atoms with Gasteiger partial charge in [0.15, 0.2) is 0 Å². The molecule has 5 heteroatoms. The number of halogens is 1. The molecule has 2 aliphatic rings. The number of piperidine rings is 1. The molecule has 0 unspecified atom stereocenters. The van der Waals surface area contributed by atoms with Crippen LogP contribution in [0.5, 0.6) is 5.75 Å². The molecule has 1 aliphatic heterocycles. The maximum absolute atomic E-state index is 13.1. The molecule has 0 spiro atoms. The average Bonchev–Trinajstić information content (AvgIpc) is 2.67. The quantitative estimate of drug-likeness (QED) is 0.851. The molecular formula is C23H27FN2O2. The van der Waals surface area contributed by atoms with Crippen LogP contribution in [0.4, 0.5) is 4.39 Å². The number of aromatic hydroxyl groups is 1. The SMILES string of the molecule is C[C@H]1[C@H]2Cc3ccc(O)cc3[C@@]1(CCNC(=O)c1ccc(F)cc1)CCN2C. The van der Waals surface area contributed by atoms with E-state index in [0.717, 1.165) is 25.8 Å². The van der Waals surface area contributed by atoms with Crippen molar-refractivity contribution in [3.05, 3.63) is 65.0 Å². The molecule has 1 saturated heterocycles. The number of likely N-dealkylation sites (tertiary alicyclic amines) is 1. The fraction of sp³-hybridized carbons (Fsp3) is 0.435. The van der Waals surface area contributed by atoms with Gasteiger partial charge in [-0.25, -0.2) is 4.39 Å². The zero-order valence-corrected chi connectivity index (χ0v) is 16.4. The second-order valence-corrected chi connectivity index (χ2v) is 8.30. The lowest BCUT2D eigenvalue weighted by Crippen LogP contribution is -2.58. The Bertz CT molecular complexity index is 883. The van der Waals surface area contributed by atoms with Crippen LogP contribution in [0.1, 0.15) is 41.3 Å². The first kappa shape index (κ1) is 18.9. The fourth-order valence-electron chi connectivity index (χ4n) is 5.25. The Kier molecular flexibility index (Phi) is 4.88. The maximum atomic E-state index is 13.1. The Labute approximate surface area is 165 Å². The van der Waals surface area contributed by atoms with Crippen LogP contribution in [0.15, 0.2) is 42.5 Å². The van der Waals surface area contributed by atoms with E-state index in [4.69, 9.17) is 0 Å². The summed E-state index contributed by atoms with van der Waals surface area (Å²) < 4.78 is 13.1. The number of amides is 1. The monoisotopic (exact) mass is 382 g/mol. The number of nitrogens with zero attached hydrogens (tertiary/aromatic N) is 1. The molecule has 148 valence electrons. The van der Waals surface area contributed by atoms with Gasteiger partial charge in [0, 0.05) is 23.6 Å². The maximum Gasteiger partial charge on any atom is 0.251 e. The standard InChI is InChI=1S/C23H27FN2O2/c1-15-21-13-17-5-8-19(27)14-20(17)23(15,10-12-26(21)2)9-11-25-22(28)16-3-6-18(24)7-4-16/h3-8,14-15,21,27H,9-13H2,1-2H3,(H,25,28)/t15-,21+,23-/m0/s1. The van der Waals surface area contributed by atoms with Crippen LogP contribution in [-0.4, -0.2) is 42.1 Å². The van der Waals surface area contributed by atoms with Crippen molar-refractivity contribution >= 4 is 5.91 Å². The van der Waals surface area contributed by atoms with Gasteiger partial charge >= 0.3 is 0 Å². The molecular weight excluding hydrogens is 355 g/mol. The Morgan fingerprint density at radius 1 is 1.29 bits per heavy atom. The van der Waals surface area contributed by atoms with Crippen molar-refractivity contribution in [1.82, 2.24) is 10.2 Å². The van der Waals surface area contributed by atoms with Gasteiger partial charge in [0.1, 0.15) is 11.6 Å². The number of phenols is 1. The van der Waals surface area contributed by atoms with Gasteiger partial charge in [-0.3, -0.25) is 4.79 Å². The minimum absolute atomic E-state index is 0.0560. The van der Waals surface area contributed by atoms with E-state index in [0.29, 0.717) is 29.8 Å². The van der Waals surface area contributed by atoms with Gasteiger partial charge in [0.05, 0.1) is 0 Å². The molecule has 1 fully saturated rings. The summed E-state index contributed by atoms with van der Waals surface area (Å²) >= 11 is 0. The highest BCUT2D eigenvalue weighted by molar-refractivity contribution is 5.94. The molecule has 0 saturated carbocycles. The fourth-order valence-corrected chi connectivity index (χ4v) is 5.25. The number of carbonyl (C=O) groups excluding carboxylic acids is 1. The zero-order valence-electron chi connectivity index (χ0n) is 16.4. The van der Waals surface area contributed by atoms with Gasteiger partial charge in [-0.1, -0.05) is 13.0 Å². The molecule has 1 amide bonds. The summed E-state index contributed by atoms with van der Waals surface area (Å²) in [7, 11) is 2.19. The summed E-state index contributed by atoms with van der Waals surface area (Å²) in [4.78, 5) is 14.9. The molecule has 0 radical (unpaired) electrons. The van der Waals surface area contributed by atoms with Crippen molar-refractivity contribution in [1.29, 1.82) is 0 Å². The van der Waals surface area contributed by atoms with Gasteiger partial charge in [-0.2, -0.15) is 0 Å². The first-order valence-electron chi connectivity index (χ1n) is 9.97. The average molecular weight is 382 g/mol. The molecule has 3 atom stereocenters. The number of nitrogens with one attached hydrogen (secondary N) is 1. The Balaban J connectivity index is 1.56. The zero-order chi connectivity index (χ0) is 19.9. The molecule has 1 heterocycles. The van der Waals surface area contributed by atoms with E-state index in [9.17, 15) is 14.3 Å². The molecule has 4 rings (SSSR count). The third-order valence-electron chi connectivity index (χ3n) is 6.95. The summed E-state index contributed by atoms with van der Waals surface area (Å²) in [5.41, 5.74) is 2.95. The molecule has 2 aromatic carbocycles. The topological polar surface area (TPSA) is 52.6 Å². The number of hydrogen-bond acceptors (Lipinski definition) is 3. The number of carbonyl (C=O) groups is 1. The van der Waals surface area contributed by atoms with Crippen molar-refractivity contribution in [2.45, 2.75) is 37.6 Å². The summed E-state index contributed by atoms with van der Waals surface area (Å²) in [6, 6.07) is 11.8. The van der Waals surface area contributed by atoms with Gasteiger partial charge in [-0.15, -0.1) is 0 Å². The van der Waals surface area contributed by atoms with E-state index in [1.807, 2.05) is 6.07 Å². The van der Waals surface area contributed by atoms with Crippen LogP contribution in [-0.2, 0) is 11.8 Å². The highest BCUT2D eigenvalue weighted by Crippen LogP contribution is 2.51. The van der Waals surface area contributed by atoms with Crippen LogP contribution in [0.2, 0.25) is 0 Å². The summed E-state index contributed by atoms with van der Waals surface area (Å²) in [5, 5.41) is 13.1. The minimum atomic E-state index is -0.347. The third kappa shape index (κ3) is 3.18. The minimum Gasteiger partial charge on any atom is -0.508 e. The Morgan fingerprint density at radius 3 is 2.79 bits per heavy atom. The highest BCUT2D eigenvalue weighted by Gasteiger charge is 2.50. The molecule has 2 N–H and O–H groups in total. The largest absolute Gasteiger partial charge is 0.508 e. The van der Waals surface area contributed by atoms with Crippen LogP contribution >= 0.6 is 0 Å². The van der Waals surface area contributed by atoms with Crippen molar-refractivity contribution in [3.63, 3.8) is 0 Å². The van der Waals surface area contributed by atoms with Crippen LogP contribution < -0.4 is 5.32 Å². The van der Waals surface area contributed by atoms with Crippen molar-refractivity contribution in [2.24, 2.45) is 5.92 Å². The van der Waals surface area contributed by atoms with E-state index in [2.05, 4.69) is 30.3 Å². The lowest BCUT2D eigenvalue weighted by molar-refractivity contribution is 0.0358. The van der Waals surface area contributed by atoms with Gasteiger partial charge in [-0.05, 0) is 86.3 Å². The number of phenolic OH excluding ortho intramolecular Hbond substituents is 1. The molecule has 2 bridgehead atoms. The lowest BCUT2D eigenvalue weighted by Gasteiger charge is -2.55. The van der Waals surface area contributed by atoms with E-state index in [-0.39, 0.29) is 17.1 Å². The summed E-state index contributed by atoms with van der Waals surface area (Å²) in [6.45, 7) is 3.86. The van der Waals surface area contributed by atoms with E-state index < -0.39 is 0 Å². The molecule has 2 aromatic rings. The van der Waals surface area contributed by atoms with Crippen LogP contribution in [0.3, 0.4) is 0 Å². The molecule has 1 aliphatic carbocycles. The van der Waals surface area contributed by atoms with Crippen molar-refractivity contribution in [3.8, 4) is 5.75 Å². The highest BCUT2D eigenvalue weighted by atomic mass is 19.1. The molecule has 0 aromatic heterocycles. The predicted molar refractivity (Wildman–Crippen MR) is 107 cm³/mol. The smallest absolute Gasteiger partial charge is 0.251 e. The van der Waals surface area contributed by atoms with Crippen LogP contribution in [0.25, 0.3) is 0 Å². The Morgan fingerprint density at radius 2 is 2.04 bits per heavy atom. The normalized spacial score (nSPS) is 26.5. The number of fused-ring (bicyclic) bond motifs is 4. The number of likely N-dealkylation sites (N-methyl/N-ethyl adjacent to an activating group) is 1. The van der Waals surface area contributed by atoms with E-state index >= 15 is 0 Å². The summed E-state index contributed by atoms with van der Waals surface area (Å²) in [6.07, 6.45) is 2.82. The van der Waals surface area contributed by atoms with Gasteiger partial charge in [0.2, 0.25) is 0 Å². The van der Waals surface area contributed by atoms with E-state index in [1.165, 1.54) is 35.4 Å². The third-order valence-corrected chi connectivity index (χ3v) is 6.95. The number of benzene rings is 2. The number of hydrogen-bond donors (Lipinski definition) is 2. The first-order chi connectivity index (χ1) is 13.4. The Hall–Kier alpha value is -2.40. The van der Waals surface area contributed by atoms with Gasteiger partial charge < -0.3 is 15.3 Å². The van der Waals surface area contributed by atoms with E-state index in [1.54, 1.807) is 6.07 Å². The second-order valence-electron chi connectivity index (χ2n) is 8.30. The summed E-state index contributed by atoms with van der Waals surface area (Å²) in [5.74, 6) is 0.210. The first-order valence-corrected chi connectivity index (χ1v) is 9.97. The predicted octanol–water partition coefficient (Wildman–Crippen LogP) is 3.49. The molecule has 4 nitrogen and oxygen atoms in total. The van der Waals surface area contributed by atoms with Crippen molar-refractivity contribution < 1.29 is 14.3 Å². The molecule has 28 heavy (non-hydrogen) atoms. The van der Waals surface area contributed by atoms with Crippen molar-refractivity contribution in [2.75, 3.05) is 20.1 Å². The second kappa shape index (κ2) is 7.21. The lowest BCUT2D eigenvalue weighted by atomic mass is 9.56. The van der Waals surface area contributed by atoms with Crippen LogP contribution in [0, 0.1) is 11.7 Å². The number of rotatable bonds is 4. The van der Waals surface area contributed by atoms with Gasteiger partial charge in [0.25, 0.3) is 5.91 Å².